The van der Waals surface area contributed by atoms with Crippen molar-refractivity contribution >= 4 is 0 Å². The number of rotatable bonds is 0. The summed E-state index contributed by atoms with van der Waals surface area (Å²) in [5, 5.41) is 0. The molecule has 0 atom stereocenters. The number of halogens is 9. The van der Waals surface area contributed by atoms with Crippen LogP contribution in [-0.2, 0) is 25.8 Å². The third-order valence-corrected chi connectivity index (χ3v) is 0. The second kappa shape index (κ2) is 18.1. The molecule has 0 aliphatic rings. The molecule has 0 N–H and O–H groups in total. The molecule has 0 aromatic carbocycles. The average molecular weight is 252 g/mol. The molecule has 0 bridgehead atoms. The molecular formula is C3F9Sc. The third kappa shape index (κ3) is 22300. The van der Waals surface area contributed by atoms with Gasteiger partial charge in [-0.2, -0.15) is 0 Å². The van der Waals surface area contributed by atoms with Gasteiger partial charge in [-0.15, -0.1) is 0 Å². The first kappa shape index (κ1) is 23.2. The minimum absolute atomic E-state index is 0. The molecule has 0 radical (unpaired) electrons. The molecular weight excluding hydrogens is 252 g/mol. The van der Waals surface area contributed by atoms with E-state index >= 15 is 0 Å². The van der Waals surface area contributed by atoms with E-state index in [1.807, 2.05) is 0 Å². The summed E-state index contributed by atoms with van der Waals surface area (Å²) in [6.45, 7) is -9.25. The van der Waals surface area contributed by atoms with Crippen LogP contribution in [0.3, 0.4) is 0 Å². The first-order valence-electron chi connectivity index (χ1n) is 1.70. The van der Waals surface area contributed by atoms with Gasteiger partial charge in [0.2, 0.25) is 0 Å². The van der Waals surface area contributed by atoms with Crippen LogP contribution in [0.15, 0.2) is 0 Å². The second-order valence-electron chi connectivity index (χ2n) is 0.643. The predicted molar refractivity (Wildman–Crippen MR) is 19.7 cm³/mol. The Morgan fingerprint density at radius 1 is 0.385 bits per heavy atom. The Hall–Kier alpha value is 0.240. The Balaban J connectivity index is -0.0000000450. The molecule has 0 aliphatic carbocycles. The summed E-state index contributed by atoms with van der Waals surface area (Å²) < 4.78 is 86.2. The van der Waals surface area contributed by atoms with E-state index in [1.165, 1.54) is 0 Å². The molecule has 10 heteroatoms. The van der Waals surface area contributed by atoms with Gasteiger partial charge < -0.3 is 39.5 Å². The fourth-order valence-corrected chi connectivity index (χ4v) is 0. The maximum atomic E-state index is 9.58. The summed E-state index contributed by atoms with van der Waals surface area (Å²) in [4.78, 5) is 0. The summed E-state index contributed by atoms with van der Waals surface area (Å²) in [7, 11) is 0. The van der Waals surface area contributed by atoms with Crippen molar-refractivity contribution in [3.63, 3.8) is 0 Å². The smallest absolute Gasteiger partial charge is 0.385 e. The zero-order chi connectivity index (χ0) is 10.7. The quantitative estimate of drug-likeness (QED) is 0.451. The van der Waals surface area contributed by atoms with Crippen molar-refractivity contribution < 1.29 is 65.4 Å². The van der Waals surface area contributed by atoms with Gasteiger partial charge in [-0.05, 0) is 0 Å². The van der Waals surface area contributed by atoms with E-state index in [0.717, 1.165) is 0 Å². The Bertz CT molecular complexity index is 43.4. The SMILES string of the molecule is F[C-](F)F.F[C-](F)F.F[C-](F)F.[Sc+3]. The fraction of sp³-hybridized carbons (Fsp3) is 0. The molecule has 0 aliphatic heterocycles. The van der Waals surface area contributed by atoms with E-state index in [4.69, 9.17) is 0 Å². The average Bonchev–Trinajstić information content (AvgIpc) is 1.54. The van der Waals surface area contributed by atoms with Crippen LogP contribution in [0.25, 0.3) is 0 Å². The topological polar surface area (TPSA) is 0 Å². The van der Waals surface area contributed by atoms with Crippen molar-refractivity contribution in [2.75, 3.05) is 0 Å². The van der Waals surface area contributed by atoms with E-state index in [9.17, 15) is 39.5 Å². The first-order valence-corrected chi connectivity index (χ1v) is 1.70. The fourth-order valence-electron chi connectivity index (χ4n) is 0. The predicted octanol–water partition coefficient (Wildman–Crippen LogP) is 4.02. The molecule has 0 saturated carbocycles. The zero-order valence-corrected chi connectivity index (χ0v) is 7.28. The second-order valence-corrected chi connectivity index (χ2v) is 0.643. The van der Waals surface area contributed by atoms with Gasteiger partial charge in [0.1, 0.15) is 0 Å². The Labute approximate surface area is 85.9 Å². The minimum atomic E-state index is -3.08. The Morgan fingerprint density at radius 3 is 0.385 bits per heavy atom. The van der Waals surface area contributed by atoms with Gasteiger partial charge in [0.15, 0.2) is 20.0 Å². The van der Waals surface area contributed by atoms with Crippen LogP contribution in [0, 0.1) is 20.0 Å². The Morgan fingerprint density at radius 2 is 0.385 bits per heavy atom. The van der Waals surface area contributed by atoms with Crippen LogP contribution in [0.4, 0.5) is 39.5 Å². The van der Waals surface area contributed by atoms with E-state index in [1.54, 1.807) is 0 Å². The van der Waals surface area contributed by atoms with Crippen molar-refractivity contribution in [3.05, 3.63) is 20.0 Å². The molecule has 0 aromatic heterocycles. The monoisotopic (exact) mass is 252 g/mol. The van der Waals surface area contributed by atoms with Crippen LogP contribution in [0.5, 0.6) is 0 Å². The summed E-state index contributed by atoms with van der Waals surface area (Å²) in [5.74, 6) is 0. The molecule has 0 rings (SSSR count). The molecule has 0 aromatic rings. The van der Waals surface area contributed by atoms with Gasteiger partial charge in [-0.25, -0.2) is 0 Å². The van der Waals surface area contributed by atoms with Gasteiger partial charge in [0.25, 0.3) is 0 Å². The zero-order valence-electron chi connectivity index (χ0n) is 5.48. The van der Waals surface area contributed by atoms with Crippen molar-refractivity contribution in [1.29, 1.82) is 0 Å². The molecule has 0 unspecified atom stereocenters. The van der Waals surface area contributed by atoms with Crippen molar-refractivity contribution in [3.8, 4) is 0 Å². The van der Waals surface area contributed by atoms with Crippen LogP contribution >= 0.6 is 0 Å². The van der Waals surface area contributed by atoms with Gasteiger partial charge in [0.05, 0.1) is 0 Å². The molecule has 0 saturated heterocycles. The summed E-state index contributed by atoms with van der Waals surface area (Å²) in [5.41, 5.74) is 0. The summed E-state index contributed by atoms with van der Waals surface area (Å²) in [6, 6.07) is 0. The molecule has 0 amide bonds. The first-order chi connectivity index (χ1) is 5.20. The molecule has 0 spiro atoms. The van der Waals surface area contributed by atoms with Gasteiger partial charge in [-0.1, -0.05) is 0 Å². The maximum Gasteiger partial charge on any atom is 3.00 e. The number of hydrogen-bond acceptors (Lipinski definition) is 0. The van der Waals surface area contributed by atoms with Crippen LogP contribution < -0.4 is 0 Å². The van der Waals surface area contributed by atoms with E-state index in [-0.39, 0.29) is 25.8 Å². The van der Waals surface area contributed by atoms with Crippen molar-refractivity contribution in [2.24, 2.45) is 0 Å². The molecule has 0 nitrogen and oxygen atoms in total. The molecule has 13 heavy (non-hydrogen) atoms. The van der Waals surface area contributed by atoms with Crippen molar-refractivity contribution in [1.82, 2.24) is 0 Å². The number of hydrogen-bond donors (Lipinski definition) is 0. The van der Waals surface area contributed by atoms with Gasteiger partial charge >= 0.3 is 25.8 Å². The summed E-state index contributed by atoms with van der Waals surface area (Å²) in [6.07, 6.45) is 0. The Kier molecular flexibility index (Phi) is 32.4. The van der Waals surface area contributed by atoms with Crippen LogP contribution in [-0.4, -0.2) is 0 Å². The van der Waals surface area contributed by atoms with Gasteiger partial charge in [0, 0.05) is 0 Å². The van der Waals surface area contributed by atoms with E-state index in [2.05, 4.69) is 0 Å². The largest absolute Gasteiger partial charge is 3.00 e. The molecule has 0 heterocycles. The van der Waals surface area contributed by atoms with Crippen LogP contribution in [0.1, 0.15) is 0 Å². The van der Waals surface area contributed by atoms with Crippen LogP contribution in [0.2, 0.25) is 0 Å². The van der Waals surface area contributed by atoms with Gasteiger partial charge in [-0.3, -0.25) is 0 Å². The minimum Gasteiger partial charge on any atom is -0.385 e. The summed E-state index contributed by atoms with van der Waals surface area (Å²) >= 11 is 0. The van der Waals surface area contributed by atoms with Crippen molar-refractivity contribution in [2.45, 2.75) is 0 Å². The maximum absolute atomic E-state index is 9.58. The third-order valence-electron chi connectivity index (χ3n) is 0. The normalized spacial score (nSPS) is 8.31. The van der Waals surface area contributed by atoms with E-state index in [0.29, 0.717) is 0 Å². The van der Waals surface area contributed by atoms with E-state index < -0.39 is 20.0 Å². The molecule has 78 valence electrons. The standard InChI is InChI=1S/3CF3.Sc/c3*2-1(3)4;/q3*-1;+3. The molecule has 0 fully saturated rings.